The average Bonchev–Trinajstić information content (AvgIpc) is 3.07. The summed E-state index contributed by atoms with van der Waals surface area (Å²) < 4.78 is 7.41. The number of rotatable bonds is 6. The minimum atomic E-state index is -1.61. The molecule has 0 saturated heterocycles. The lowest BCUT2D eigenvalue weighted by molar-refractivity contribution is -0.0908. The summed E-state index contributed by atoms with van der Waals surface area (Å²) in [5.74, 6) is 0. The van der Waals surface area contributed by atoms with Crippen molar-refractivity contribution in [3.05, 3.63) is 48.0 Å². The molecule has 1 saturated carbocycles. The van der Waals surface area contributed by atoms with Gasteiger partial charge in [-0.05, 0) is 36.5 Å². The normalized spacial score (nSPS) is 17.8. The van der Waals surface area contributed by atoms with Crippen LogP contribution in [0.5, 0.6) is 0 Å². The number of aromatic nitrogens is 4. The molecule has 3 N–H and O–H groups in total. The molecule has 28 heavy (non-hydrogen) atoms. The summed E-state index contributed by atoms with van der Waals surface area (Å²) in [4.78, 5) is 8.44. The molecule has 0 spiro atoms. The Hall–Kier alpha value is -2.39. The van der Waals surface area contributed by atoms with Crippen molar-refractivity contribution in [2.75, 3.05) is 6.61 Å². The standard InChI is InChI=1S/C20H24N4O4/c1-20(2)6-15(7-20)28-11-17(25)12-5-13-9-23-24(18(13)22-8-12)14-3-4-16(19(26)27)21-10-14/h3-5,8-10,15,17,19,25-27H,6-7,11H2,1-2H3/t17-/m1/s1. The lowest BCUT2D eigenvalue weighted by atomic mass is 9.70. The average molecular weight is 384 g/mol. The van der Waals surface area contributed by atoms with Crippen molar-refractivity contribution in [3.63, 3.8) is 0 Å². The van der Waals surface area contributed by atoms with Gasteiger partial charge in [0.1, 0.15) is 6.10 Å². The molecule has 8 nitrogen and oxygen atoms in total. The largest absolute Gasteiger partial charge is 0.386 e. The van der Waals surface area contributed by atoms with Crippen LogP contribution in [0.2, 0.25) is 0 Å². The summed E-state index contributed by atoms with van der Waals surface area (Å²) in [5, 5.41) is 33.8. The number of ether oxygens (including phenoxy) is 1. The van der Waals surface area contributed by atoms with Gasteiger partial charge < -0.3 is 20.1 Å². The number of fused-ring (bicyclic) bond motifs is 1. The first kappa shape index (κ1) is 18.9. The third-order valence-electron chi connectivity index (χ3n) is 5.14. The highest BCUT2D eigenvalue weighted by molar-refractivity contribution is 5.76. The molecule has 148 valence electrons. The van der Waals surface area contributed by atoms with E-state index in [1.165, 1.54) is 12.3 Å². The van der Waals surface area contributed by atoms with Crippen molar-refractivity contribution in [3.8, 4) is 5.69 Å². The molecule has 1 aliphatic rings. The van der Waals surface area contributed by atoms with E-state index in [2.05, 4.69) is 28.9 Å². The van der Waals surface area contributed by atoms with Crippen molar-refractivity contribution in [1.29, 1.82) is 0 Å². The van der Waals surface area contributed by atoms with E-state index in [0.717, 1.165) is 18.2 Å². The van der Waals surface area contributed by atoms with Crippen molar-refractivity contribution in [2.45, 2.75) is 45.2 Å². The second-order valence-electron chi connectivity index (χ2n) is 8.10. The molecule has 0 unspecified atom stereocenters. The zero-order valence-electron chi connectivity index (χ0n) is 15.9. The molecular weight excluding hydrogens is 360 g/mol. The first-order chi connectivity index (χ1) is 13.3. The molecule has 0 amide bonds. The monoisotopic (exact) mass is 384 g/mol. The van der Waals surface area contributed by atoms with Gasteiger partial charge in [-0.15, -0.1) is 0 Å². The van der Waals surface area contributed by atoms with Crippen molar-refractivity contribution in [2.24, 2.45) is 5.41 Å². The minimum absolute atomic E-state index is 0.161. The smallest absolute Gasteiger partial charge is 0.196 e. The number of aliphatic hydroxyl groups excluding tert-OH is 2. The maximum atomic E-state index is 10.4. The molecule has 0 radical (unpaired) electrons. The van der Waals surface area contributed by atoms with Gasteiger partial charge in [-0.25, -0.2) is 9.67 Å². The molecule has 1 aliphatic carbocycles. The molecule has 1 atom stereocenters. The minimum Gasteiger partial charge on any atom is -0.386 e. The highest BCUT2D eigenvalue weighted by Gasteiger charge is 2.36. The summed E-state index contributed by atoms with van der Waals surface area (Å²) in [6.45, 7) is 4.68. The highest BCUT2D eigenvalue weighted by atomic mass is 16.5. The molecular formula is C20H24N4O4. The Morgan fingerprint density at radius 3 is 2.57 bits per heavy atom. The van der Waals surface area contributed by atoms with Gasteiger partial charge >= 0.3 is 0 Å². The van der Waals surface area contributed by atoms with Gasteiger partial charge in [-0.2, -0.15) is 5.10 Å². The number of nitrogens with zero attached hydrogens (tertiary/aromatic N) is 4. The molecule has 3 aromatic heterocycles. The van der Waals surface area contributed by atoms with E-state index in [1.54, 1.807) is 23.1 Å². The second kappa shape index (κ2) is 7.21. The predicted molar refractivity (Wildman–Crippen MR) is 102 cm³/mol. The summed E-state index contributed by atoms with van der Waals surface area (Å²) in [6.07, 6.45) is 4.70. The van der Waals surface area contributed by atoms with Crippen molar-refractivity contribution in [1.82, 2.24) is 19.7 Å². The fourth-order valence-corrected chi connectivity index (χ4v) is 3.60. The SMILES string of the molecule is CC1(C)CC(OC[C@@H](O)c2cnc3c(cnn3-c3ccc(C(O)O)nc3)c2)C1. The van der Waals surface area contributed by atoms with Crippen molar-refractivity contribution < 1.29 is 20.1 Å². The van der Waals surface area contributed by atoms with Gasteiger partial charge in [0.15, 0.2) is 11.9 Å². The molecule has 4 rings (SSSR count). The third kappa shape index (κ3) is 3.77. The van der Waals surface area contributed by atoms with Crippen LogP contribution in [-0.4, -0.2) is 47.8 Å². The van der Waals surface area contributed by atoms with Crippen molar-refractivity contribution >= 4 is 11.0 Å². The van der Waals surface area contributed by atoms with Gasteiger partial charge in [0.25, 0.3) is 0 Å². The zero-order chi connectivity index (χ0) is 19.9. The van der Waals surface area contributed by atoms with Crippen LogP contribution in [0.15, 0.2) is 36.8 Å². The van der Waals surface area contributed by atoms with Gasteiger partial charge in [-0.1, -0.05) is 13.8 Å². The first-order valence-electron chi connectivity index (χ1n) is 9.28. The van der Waals surface area contributed by atoms with E-state index in [4.69, 9.17) is 14.9 Å². The van der Waals surface area contributed by atoms with Crippen LogP contribution < -0.4 is 0 Å². The second-order valence-corrected chi connectivity index (χ2v) is 8.10. The van der Waals surface area contributed by atoms with Crippen LogP contribution in [0.1, 0.15) is 50.3 Å². The first-order valence-corrected chi connectivity index (χ1v) is 9.28. The number of hydrogen-bond donors (Lipinski definition) is 3. The number of hydrogen-bond acceptors (Lipinski definition) is 7. The number of aliphatic hydroxyl groups is 3. The predicted octanol–water partition coefficient (Wildman–Crippen LogP) is 2.04. The van der Waals surface area contributed by atoms with E-state index < -0.39 is 12.4 Å². The Kier molecular flexibility index (Phi) is 4.88. The highest BCUT2D eigenvalue weighted by Crippen LogP contribution is 2.41. The van der Waals surface area contributed by atoms with Gasteiger partial charge in [0.2, 0.25) is 0 Å². The summed E-state index contributed by atoms with van der Waals surface area (Å²) in [5.41, 5.74) is 2.45. The summed E-state index contributed by atoms with van der Waals surface area (Å²) in [7, 11) is 0. The molecule has 0 bridgehead atoms. The van der Waals surface area contributed by atoms with Crippen LogP contribution in [0.25, 0.3) is 16.7 Å². The molecule has 0 aromatic carbocycles. The van der Waals surface area contributed by atoms with E-state index in [1.807, 2.05) is 6.07 Å². The third-order valence-corrected chi connectivity index (χ3v) is 5.14. The lowest BCUT2D eigenvalue weighted by Gasteiger charge is -2.42. The quantitative estimate of drug-likeness (QED) is 0.557. The summed E-state index contributed by atoms with van der Waals surface area (Å²) in [6, 6.07) is 5.06. The molecule has 3 heterocycles. The Bertz CT molecular complexity index is 960. The van der Waals surface area contributed by atoms with Crippen LogP contribution in [-0.2, 0) is 4.74 Å². The van der Waals surface area contributed by atoms with Crippen LogP contribution in [0, 0.1) is 5.41 Å². The lowest BCUT2D eigenvalue weighted by Crippen LogP contribution is -2.38. The van der Waals surface area contributed by atoms with E-state index in [9.17, 15) is 5.11 Å². The molecule has 1 fully saturated rings. The van der Waals surface area contributed by atoms with Gasteiger partial charge in [-0.3, -0.25) is 4.98 Å². The van der Waals surface area contributed by atoms with Crippen LogP contribution in [0.4, 0.5) is 0 Å². The van der Waals surface area contributed by atoms with E-state index >= 15 is 0 Å². The fourth-order valence-electron chi connectivity index (χ4n) is 3.60. The Morgan fingerprint density at radius 1 is 1.14 bits per heavy atom. The molecule has 0 aliphatic heterocycles. The van der Waals surface area contributed by atoms with Crippen LogP contribution >= 0.6 is 0 Å². The van der Waals surface area contributed by atoms with Gasteiger partial charge in [0, 0.05) is 17.1 Å². The Labute approximate surface area is 162 Å². The molecule has 8 heteroatoms. The van der Waals surface area contributed by atoms with Gasteiger partial charge in [0.05, 0.1) is 36.5 Å². The van der Waals surface area contributed by atoms with E-state index in [-0.39, 0.29) is 18.4 Å². The summed E-state index contributed by atoms with van der Waals surface area (Å²) >= 11 is 0. The van der Waals surface area contributed by atoms with Crippen LogP contribution in [0.3, 0.4) is 0 Å². The zero-order valence-corrected chi connectivity index (χ0v) is 15.9. The topological polar surface area (TPSA) is 114 Å². The maximum Gasteiger partial charge on any atom is 0.196 e. The number of pyridine rings is 2. The Morgan fingerprint density at radius 2 is 1.93 bits per heavy atom. The molecule has 3 aromatic rings. The maximum absolute atomic E-state index is 10.4. The van der Waals surface area contributed by atoms with E-state index in [0.29, 0.717) is 22.3 Å². The fraction of sp³-hybridized carbons (Fsp3) is 0.450. The Balaban J connectivity index is 1.48.